The zero-order valence-corrected chi connectivity index (χ0v) is 12.0. The molecule has 1 fully saturated rings. The molecule has 0 amide bonds. The Morgan fingerprint density at radius 3 is 2.63 bits per heavy atom. The molecule has 2 nitrogen and oxygen atoms in total. The van der Waals surface area contributed by atoms with E-state index < -0.39 is 0 Å². The predicted molar refractivity (Wildman–Crippen MR) is 80.1 cm³/mol. The van der Waals surface area contributed by atoms with Crippen molar-refractivity contribution < 1.29 is 5.11 Å². The van der Waals surface area contributed by atoms with Crippen molar-refractivity contribution in [3.8, 4) is 0 Å². The van der Waals surface area contributed by atoms with Gasteiger partial charge in [0.15, 0.2) is 0 Å². The van der Waals surface area contributed by atoms with Crippen LogP contribution in [0.3, 0.4) is 0 Å². The average molecular weight is 261 g/mol. The number of hydrogen-bond acceptors (Lipinski definition) is 2. The van der Waals surface area contributed by atoms with Crippen molar-refractivity contribution in [3.05, 3.63) is 35.9 Å². The van der Waals surface area contributed by atoms with E-state index in [1.165, 1.54) is 24.8 Å². The second kappa shape index (κ2) is 7.66. The van der Waals surface area contributed by atoms with Gasteiger partial charge in [0.25, 0.3) is 0 Å². The molecule has 1 aliphatic rings. The summed E-state index contributed by atoms with van der Waals surface area (Å²) < 4.78 is 0. The molecular formula is C17H27NO. The fourth-order valence-electron chi connectivity index (χ4n) is 3.20. The first kappa shape index (κ1) is 14.5. The summed E-state index contributed by atoms with van der Waals surface area (Å²) in [6.07, 6.45) is 6.03. The molecule has 1 aromatic carbocycles. The molecule has 2 rings (SSSR count). The Balaban J connectivity index is 1.79. The molecule has 0 saturated heterocycles. The molecule has 0 heterocycles. The monoisotopic (exact) mass is 261 g/mol. The van der Waals surface area contributed by atoms with Crippen molar-refractivity contribution in [2.24, 2.45) is 11.8 Å². The van der Waals surface area contributed by atoms with Crippen LogP contribution in [0.5, 0.6) is 0 Å². The van der Waals surface area contributed by atoms with E-state index in [0.717, 1.165) is 19.4 Å². The summed E-state index contributed by atoms with van der Waals surface area (Å²) in [5, 5.41) is 13.1. The molecule has 106 valence electrons. The normalized spacial score (nSPS) is 24.5. The third-order valence-electron chi connectivity index (χ3n) is 4.54. The third kappa shape index (κ3) is 4.32. The van der Waals surface area contributed by atoms with Gasteiger partial charge >= 0.3 is 0 Å². The van der Waals surface area contributed by atoms with E-state index in [1.807, 2.05) is 0 Å². The number of hydrogen-bond donors (Lipinski definition) is 2. The Morgan fingerprint density at radius 1 is 1.21 bits per heavy atom. The fraction of sp³-hybridized carbons (Fsp3) is 0.647. The summed E-state index contributed by atoms with van der Waals surface area (Å²) in [6, 6.07) is 11.3. The molecule has 3 atom stereocenters. The molecule has 1 saturated carbocycles. The lowest BCUT2D eigenvalue weighted by Crippen LogP contribution is -2.36. The van der Waals surface area contributed by atoms with Crippen LogP contribution in [0.2, 0.25) is 0 Å². The first-order valence-corrected chi connectivity index (χ1v) is 7.71. The van der Waals surface area contributed by atoms with E-state index in [2.05, 4.69) is 42.6 Å². The maximum Gasteiger partial charge on any atom is 0.0462 e. The Hall–Kier alpha value is -0.860. The summed E-state index contributed by atoms with van der Waals surface area (Å²) in [5.74, 6) is 1.21. The highest BCUT2D eigenvalue weighted by Crippen LogP contribution is 2.30. The van der Waals surface area contributed by atoms with Gasteiger partial charge in [0, 0.05) is 12.6 Å². The Labute approximate surface area is 117 Å². The Morgan fingerprint density at radius 2 is 1.95 bits per heavy atom. The first-order chi connectivity index (χ1) is 9.33. The number of nitrogens with one attached hydrogen (secondary N) is 1. The molecule has 19 heavy (non-hydrogen) atoms. The zero-order valence-electron chi connectivity index (χ0n) is 12.0. The van der Waals surface area contributed by atoms with Crippen molar-refractivity contribution in [1.29, 1.82) is 0 Å². The summed E-state index contributed by atoms with van der Waals surface area (Å²) in [5.41, 5.74) is 1.41. The van der Waals surface area contributed by atoms with E-state index in [-0.39, 0.29) is 0 Å². The van der Waals surface area contributed by atoms with Crippen molar-refractivity contribution in [3.63, 3.8) is 0 Å². The average Bonchev–Trinajstić information content (AvgIpc) is 2.92. The minimum atomic E-state index is 0.363. The first-order valence-electron chi connectivity index (χ1n) is 7.71. The highest BCUT2D eigenvalue weighted by molar-refractivity contribution is 5.15. The van der Waals surface area contributed by atoms with Gasteiger partial charge in [0.2, 0.25) is 0 Å². The molecule has 1 aliphatic carbocycles. The summed E-state index contributed by atoms with van der Waals surface area (Å²) in [6.45, 7) is 3.68. The van der Waals surface area contributed by atoms with Crippen LogP contribution in [0.25, 0.3) is 0 Å². The lowest BCUT2D eigenvalue weighted by atomic mass is 9.96. The quantitative estimate of drug-likeness (QED) is 0.791. The van der Waals surface area contributed by atoms with Crippen LogP contribution in [0.4, 0.5) is 0 Å². The summed E-state index contributed by atoms with van der Waals surface area (Å²) in [4.78, 5) is 0. The molecule has 0 radical (unpaired) electrons. The van der Waals surface area contributed by atoms with Gasteiger partial charge in [-0.15, -0.1) is 0 Å². The van der Waals surface area contributed by atoms with Gasteiger partial charge in [-0.1, -0.05) is 43.7 Å². The summed E-state index contributed by atoms with van der Waals surface area (Å²) >= 11 is 0. The second-order valence-corrected chi connectivity index (χ2v) is 5.84. The molecule has 0 bridgehead atoms. The van der Waals surface area contributed by atoms with Gasteiger partial charge in [-0.2, -0.15) is 0 Å². The number of aliphatic hydroxyl groups is 1. The van der Waals surface area contributed by atoms with Crippen molar-refractivity contribution in [1.82, 2.24) is 5.32 Å². The molecule has 1 aromatic rings. The smallest absolute Gasteiger partial charge is 0.0462 e. The summed E-state index contributed by atoms with van der Waals surface area (Å²) in [7, 11) is 0. The second-order valence-electron chi connectivity index (χ2n) is 5.84. The maximum atomic E-state index is 9.37. The van der Waals surface area contributed by atoms with Crippen LogP contribution < -0.4 is 5.32 Å². The number of rotatable bonds is 7. The minimum Gasteiger partial charge on any atom is -0.396 e. The lowest BCUT2D eigenvalue weighted by molar-refractivity contribution is 0.190. The third-order valence-corrected chi connectivity index (χ3v) is 4.54. The van der Waals surface area contributed by atoms with Crippen LogP contribution >= 0.6 is 0 Å². The van der Waals surface area contributed by atoms with Gasteiger partial charge in [-0.25, -0.2) is 0 Å². The SMILES string of the molecule is CCC(Cc1ccccc1)NCC1CCCC1CO. The Bertz CT molecular complexity index is 352. The standard InChI is InChI=1S/C17H27NO/c1-2-17(11-14-7-4-3-5-8-14)18-12-15-9-6-10-16(15)13-19/h3-5,7-8,15-19H,2,6,9-13H2,1H3. The zero-order chi connectivity index (χ0) is 13.5. The lowest BCUT2D eigenvalue weighted by Gasteiger charge is -2.23. The van der Waals surface area contributed by atoms with Crippen LogP contribution in [-0.2, 0) is 6.42 Å². The predicted octanol–water partition coefficient (Wildman–Crippen LogP) is 3.01. The van der Waals surface area contributed by atoms with Gasteiger partial charge in [-0.05, 0) is 49.6 Å². The largest absolute Gasteiger partial charge is 0.396 e. The van der Waals surface area contributed by atoms with E-state index >= 15 is 0 Å². The topological polar surface area (TPSA) is 32.3 Å². The van der Waals surface area contributed by atoms with E-state index in [1.54, 1.807) is 0 Å². The highest BCUT2D eigenvalue weighted by Gasteiger charge is 2.26. The number of benzene rings is 1. The molecule has 2 N–H and O–H groups in total. The van der Waals surface area contributed by atoms with E-state index in [0.29, 0.717) is 24.5 Å². The number of aliphatic hydroxyl groups excluding tert-OH is 1. The van der Waals surface area contributed by atoms with Crippen molar-refractivity contribution in [2.45, 2.75) is 45.1 Å². The van der Waals surface area contributed by atoms with Gasteiger partial charge < -0.3 is 10.4 Å². The maximum absolute atomic E-state index is 9.37. The van der Waals surface area contributed by atoms with Crippen LogP contribution in [-0.4, -0.2) is 24.3 Å². The molecule has 3 unspecified atom stereocenters. The highest BCUT2D eigenvalue weighted by atomic mass is 16.3. The minimum absolute atomic E-state index is 0.363. The van der Waals surface area contributed by atoms with Crippen molar-refractivity contribution >= 4 is 0 Å². The fourth-order valence-corrected chi connectivity index (χ4v) is 3.20. The molecule has 0 aromatic heterocycles. The van der Waals surface area contributed by atoms with Gasteiger partial charge in [0.1, 0.15) is 0 Å². The molecular weight excluding hydrogens is 234 g/mol. The molecule has 0 spiro atoms. The molecule has 0 aliphatic heterocycles. The van der Waals surface area contributed by atoms with Crippen molar-refractivity contribution in [2.75, 3.05) is 13.2 Å². The van der Waals surface area contributed by atoms with Crippen LogP contribution in [0, 0.1) is 11.8 Å². The van der Waals surface area contributed by atoms with Crippen LogP contribution in [0.1, 0.15) is 38.2 Å². The van der Waals surface area contributed by atoms with E-state index in [9.17, 15) is 5.11 Å². The van der Waals surface area contributed by atoms with E-state index in [4.69, 9.17) is 0 Å². The Kier molecular flexibility index (Phi) is 5.87. The van der Waals surface area contributed by atoms with Gasteiger partial charge in [0.05, 0.1) is 0 Å². The van der Waals surface area contributed by atoms with Crippen LogP contribution in [0.15, 0.2) is 30.3 Å². The van der Waals surface area contributed by atoms with Gasteiger partial charge in [-0.3, -0.25) is 0 Å². The molecule has 2 heteroatoms.